The summed E-state index contributed by atoms with van der Waals surface area (Å²) in [6.45, 7) is 3.70. The summed E-state index contributed by atoms with van der Waals surface area (Å²) in [6.07, 6.45) is 14.1. The normalized spacial score (nSPS) is 48.7. The molecule has 7 nitrogen and oxygen atoms in total. The molecule has 0 radical (unpaired) electrons. The number of allylic oxidation sites excluding steroid dienone is 4. The van der Waals surface area contributed by atoms with Gasteiger partial charge in [0.05, 0.1) is 12.2 Å². The first-order valence-corrected chi connectivity index (χ1v) is 16.9. The lowest BCUT2D eigenvalue weighted by molar-refractivity contribution is -0.239. The van der Waals surface area contributed by atoms with Gasteiger partial charge in [-0.1, -0.05) is 37.6 Å². The summed E-state index contributed by atoms with van der Waals surface area (Å²) >= 11 is 0. The second-order valence-corrected chi connectivity index (χ2v) is 16.1. The molecule has 6 saturated carbocycles. The van der Waals surface area contributed by atoms with E-state index in [2.05, 4.69) is 26.0 Å². The fourth-order valence-electron chi connectivity index (χ4n) is 11.9. The van der Waals surface area contributed by atoms with Gasteiger partial charge in [0.2, 0.25) is 0 Å². The number of hydrogen-bond donors (Lipinski definition) is 3. The number of ether oxygens (including phenoxy) is 2. The number of benzene rings is 1. The van der Waals surface area contributed by atoms with Crippen LogP contribution in [-0.2, 0) is 25.5 Å². The van der Waals surface area contributed by atoms with Gasteiger partial charge in [0.1, 0.15) is 6.61 Å². The van der Waals surface area contributed by atoms with Gasteiger partial charge in [-0.2, -0.15) is 0 Å². The Hall–Kier alpha value is -2.32. The van der Waals surface area contributed by atoms with E-state index in [0.29, 0.717) is 12.8 Å². The third-order valence-corrected chi connectivity index (χ3v) is 14.3. The first-order valence-electron chi connectivity index (χ1n) is 16.9. The van der Waals surface area contributed by atoms with Gasteiger partial charge in [-0.05, 0) is 118 Å². The van der Waals surface area contributed by atoms with Crippen molar-refractivity contribution in [2.75, 3.05) is 12.3 Å². The van der Waals surface area contributed by atoms with Crippen LogP contribution in [0.15, 0.2) is 48.1 Å². The van der Waals surface area contributed by atoms with Crippen LogP contribution in [0.1, 0.15) is 83.6 Å². The van der Waals surface area contributed by atoms with Crippen molar-refractivity contribution in [3.8, 4) is 0 Å². The van der Waals surface area contributed by atoms with Crippen molar-refractivity contribution >= 4 is 17.3 Å². The molecule has 9 rings (SSSR count). The molecule has 0 unspecified atom stereocenters. The van der Waals surface area contributed by atoms with Crippen molar-refractivity contribution < 1.29 is 29.3 Å². The minimum atomic E-state index is -1.26. The van der Waals surface area contributed by atoms with Crippen molar-refractivity contribution in [2.45, 2.75) is 109 Å². The molecule has 0 spiro atoms. The van der Waals surface area contributed by atoms with E-state index in [1.54, 1.807) is 12.2 Å². The smallest absolute Gasteiger partial charge is 0.193 e. The number of aliphatic hydroxyl groups excluding tert-OH is 2. The molecule has 1 aromatic carbocycles. The summed E-state index contributed by atoms with van der Waals surface area (Å²) in [5.41, 5.74) is 7.04. The van der Waals surface area contributed by atoms with Gasteiger partial charge in [-0.3, -0.25) is 9.59 Å². The highest BCUT2D eigenvalue weighted by atomic mass is 16.7. The van der Waals surface area contributed by atoms with Crippen LogP contribution in [-0.4, -0.2) is 52.5 Å². The number of hydrogen-bond acceptors (Lipinski definition) is 7. The van der Waals surface area contributed by atoms with E-state index in [4.69, 9.17) is 15.2 Å². The molecule has 2 bridgehead atoms. The Kier molecular flexibility index (Phi) is 6.35. The maximum absolute atomic E-state index is 14.0. The number of ketones is 2. The Morgan fingerprint density at radius 3 is 2.45 bits per heavy atom. The van der Waals surface area contributed by atoms with E-state index < -0.39 is 36.1 Å². The third kappa shape index (κ3) is 3.76. The first-order chi connectivity index (χ1) is 21.0. The lowest BCUT2D eigenvalue weighted by Crippen LogP contribution is -2.64. The minimum absolute atomic E-state index is 0.0223. The molecule has 44 heavy (non-hydrogen) atoms. The number of Topliss-reactive ketones (excluding diaryl/α,β-unsaturated/α-hetero) is 1. The van der Waals surface area contributed by atoms with Gasteiger partial charge in [0, 0.05) is 27.9 Å². The highest BCUT2D eigenvalue weighted by Gasteiger charge is 2.77. The number of anilines is 1. The molecule has 9 atom stereocenters. The van der Waals surface area contributed by atoms with Crippen molar-refractivity contribution in [3.05, 3.63) is 53.6 Å². The van der Waals surface area contributed by atoms with Crippen LogP contribution in [0.4, 0.5) is 5.69 Å². The predicted molar refractivity (Wildman–Crippen MR) is 165 cm³/mol. The molecular formula is C37H47NO6. The summed E-state index contributed by atoms with van der Waals surface area (Å²) in [5, 5.41) is 22.3. The average molecular weight is 602 g/mol. The molecule has 7 fully saturated rings. The summed E-state index contributed by atoms with van der Waals surface area (Å²) in [5.74, 6) is -0.0316. The van der Waals surface area contributed by atoms with Crippen LogP contribution in [0, 0.1) is 39.4 Å². The van der Waals surface area contributed by atoms with E-state index in [9.17, 15) is 19.8 Å². The van der Waals surface area contributed by atoms with Crippen molar-refractivity contribution in [1.82, 2.24) is 0 Å². The zero-order valence-corrected chi connectivity index (χ0v) is 26.1. The van der Waals surface area contributed by atoms with Gasteiger partial charge >= 0.3 is 0 Å². The van der Waals surface area contributed by atoms with E-state index in [0.717, 1.165) is 69.0 Å². The molecular weight excluding hydrogens is 554 g/mol. The van der Waals surface area contributed by atoms with Crippen LogP contribution >= 0.6 is 0 Å². The Morgan fingerprint density at radius 1 is 1.07 bits per heavy atom. The minimum Gasteiger partial charge on any atom is -0.399 e. The summed E-state index contributed by atoms with van der Waals surface area (Å²) < 4.78 is 14.0. The Bertz CT molecular complexity index is 1420. The highest BCUT2D eigenvalue weighted by molar-refractivity contribution is 6.01. The fourth-order valence-corrected chi connectivity index (χ4v) is 11.9. The molecule has 7 heteroatoms. The largest absolute Gasteiger partial charge is 0.399 e. The van der Waals surface area contributed by atoms with Gasteiger partial charge in [-0.15, -0.1) is 0 Å². The Labute approximate surface area is 260 Å². The molecule has 1 aliphatic heterocycles. The van der Waals surface area contributed by atoms with Gasteiger partial charge < -0.3 is 25.4 Å². The van der Waals surface area contributed by atoms with Gasteiger partial charge in [-0.25, -0.2) is 0 Å². The van der Waals surface area contributed by atoms with E-state index in [1.807, 2.05) is 18.2 Å². The number of aliphatic hydroxyl groups is 2. The Morgan fingerprint density at radius 2 is 1.77 bits per heavy atom. The zero-order chi connectivity index (χ0) is 30.7. The number of carbonyl (C=O) groups is 2. The molecule has 1 aromatic rings. The second kappa shape index (κ2) is 9.60. The average Bonchev–Trinajstić information content (AvgIpc) is 3.52. The van der Waals surface area contributed by atoms with Crippen LogP contribution in [0.25, 0.3) is 0 Å². The summed E-state index contributed by atoms with van der Waals surface area (Å²) in [6, 6.07) is 8.30. The van der Waals surface area contributed by atoms with Crippen LogP contribution < -0.4 is 5.73 Å². The third-order valence-electron chi connectivity index (χ3n) is 14.3. The lowest BCUT2D eigenvalue weighted by atomic mass is 9.46. The topological polar surface area (TPSA) is 119 Å². The zero-order valence-electron chi connectivity index (χ0n) is 26.1. The standard InChI is InChI=1S/C37H47NO6/c1-33-10-9-25(40)17-23(33)5-8-26-27-18-30-37(29(42)21-39,34(27,2)20-28(41)31(26)33)44-32(43-30)36-14-11-35(12-15-36,13-16-36)19-22-3-6-24(38)7-4-22/h3-4,6-7,9-10,17,26-28,30-32,39,41H,5,8,11-16,18-21,38H2,1-2H3/t26-,27-,28-,30+,31+,32+,33-,34-,35?,36?,37+/m0/s1. The Balaban J connectivity index is 1.07. The highest BCUT2D eigenvalue weighted by Crippen LogP contribution is 2.71. The summed E-state index contributed by atoms with van der Waals surface area (Å²) in [4.78, 5) is 26.2. The fraction of sp³-hybridized carbons (Fsp3) is 0.676. The molecule has 1 heterocycles. The van der Waals surface area contributed by atoms with E-state index in [-0.39, 0.29) is 45.6 Å². The second-order valence-electron chi connectivity index (χ2n) is 16.1. The van der Waals surface area contributed by atoms with Crippen molar-refractivity contribution in [2.24, 2.45) is 39.4 Å². The van der Waals surface area contributed by atoms with Gasteiger partial charge in [0.15, 0.2) is 23.5 Å². The molecule has 0 amide bonds. The van der Waals surface area contributed by atoms with Crippen LogP contribution in [0.5, 0.6) is 0 Å². The number of rotatable bonds is 5. The predicted octanol–water partition coefficient (Wildman–Crippen LogP) is 5.08. The molecule has 4 N–H and O–H groups in total. The summed E-state index contributed by atoms with van der Waals surface area (Å²) in [7, 11) is 0. The maximum Gasteiger partial charge on any atom is 0.193 e. The quantitative estimate of drug-likeness (QED) is 0.403. The van der Waals surface area contributed by atoms with Gasteiger partial charge in [0.25, 0.3) is 0 Å². The molecule has 0 aromatic heterocycles. The van der Waals surface area contributed by atoms with Crippen LogP contribution in [0.3, 0.4) is 0 Å². The molecule has 8 aliphatic rings. The van der Waals surface area contributed by atoms with Crippen molar-refractivity contribution in [3.63, 3.8) is 0 Å². The monoisotopic (exact) mass is 601 g/mol. The number of fused-ring (bicyclic) bond motifs is 10. The van der Waals surface area contributed by atoms with E-state index in [1.165, 1.54) is 5.56 Å². The number of nitrogens with two attached hydrogens (primary N) is 1. The first kappa shape index (κ1) is 29.1. The SMILES string of the molecule is C[C@]12C=CC(=O)C=C1CC[C@@H]1[C@@H]2[C@@H](O)C[C@@]2(C)[C@H]1C[C@H]1O[C@@H](C34CCC(Cc5ccc(N)cc5)(CC3)CC4)O[C@]12C(=O)CO. The number of nitrogen functional groups attached to an aromatic ring is 1. The lowest BCUT2D eigenvalue weighted by Gasteiger charge is -2.60. The molecule has 1 saturated heterocycles. The maximum atomic E-state index is 14.0. The van der Waals surface area contributed by atoms with Crippen LogP contribution in [0.2, 0.25) is 0 Å². The van der Waals surface area contributed by atoms with Crippen molar-refractivity contribution in [1.29, 1.82) is 0 Å². The number of carbonyl (C=O) groups excluding carboxylic acids is 2. The molecule has 236 valence electrons. The van der Waals surface area contributed by atoms with E-state index >= 15 is 0 Å². The molecule has 7 aliphatic carbocycles.